The number of aliphatic hydroxyl groups excluding tert-OH is 2. The molecule has 0 radical (unpaired) electrons. The van der Waals surface area contributed by atoms with Crippen molar-refractivity contribution in [1.82, 2.24) is 0 Å². The average molecular weight is 657 g/mol. The summed E-state index contributed by atoms with van der Waals surface area (Å²) in [5.41, 5.74) is -0.599. The SMILES string of the molecule is Cc1cc(=O)c2c(C)cc(O[C@@H]3O[C@H](COC(=O)c4cc(O)c(O)c(O)c4)[C@@H](O)[C@H](O)[C@H]3OC(=O)c3cc(O)c(O)c(O)c3)cc2o1. The highest BCUT2D eigenvalue weighted by molar-refractivity contribution is 5.92. The zero-order valence-corrected chi connectivity index (χ0v) is 24.5. The molecule has 1 aliphatic heterocycles. The molecule has 1 fully saturated rings. The van der Waals surface area contributed by atoms with Crippen molar-refractivity contribution in [3.05, 3.63) is 75.1 Å². The minimum Gasteiger partial charge on any atom is -0.504 e. The third-order valence-corrected chi connectivity index (χ3v) is 7.25. The van der Waals surface area contributed by atoms with Gasteiger partial charge in [-0.3, -0.25) is 4.79 Å². The first-order valence-electron chi connectivity index (χ1n) is 13.8. The maximum atomic E-state index is 13.0. The van der Waals surface area contributed by atoms with Gasteiger partial charge in [-0.15, -0.1) is 0 Å². The van der Waals surface area contributed by atoms with Crippen molar-refractivity contribution in [1.29, 1.82) is 0 Å². The van der Waals surface area contributed by atoms with Crippen molar-refractivity contribution in [2.24, 2.45) is 0 Å². The monoisotopic (exact) mass is 656 g/mol. The molecular weight excluding hydrogens is 628 g/mol. The molecule has 47 heavy (non-hydrogen) atoms. The lowest BCUT2D eigenvalue weighted by atomic mass is 9.98. The number of benzene rings is 3. The molecule has 0 bridgehead atoms. The Balaban J connectivity index is 1.44. The summed E-state index contributed by atoms with van der Waals surface area (Å²) in [6, 6.07) is 7.25. The minimum absolute atomic E-state index is 0.00380. The Morgan fingerprint density at radius 1 is 0.766 bits per heavy atom. The number of esters is 2. The maximum absolute atomic E-state index is 13.0. The van der Waals surface area contributed by atoms with E-state index in [0.717, 1.165) is 24.3 Å². The molecule has 0 unspecified atom stereocenters. The number of aryl methyl sites for hydroxylation is 2. The molecule has 0 aliphatic carbocycles. The van der Waals surface area contributed by atoms with Crippen LogP contribution >= 0.6 is 0 Å². The molecule has 1 aromatic heterocycles. The molecule has 0 amide bonds. The highest BCUT2D eigenvalue weighted by atomic mass is 16.7. The van der Waals surface area contributed by atoms with Gasteiger partial charge in [0.15, 0.2) is 46.0 Å². The van der Waals surface area contributed by atoms with Crippen LogP contribution in [0.3, 0.4) is 0 Å². The smallest absolute Gasteiger partial charge is 0.339 e. The van der Waals surface area contributed by atoms with Gasteiger partial charge in [-0.25, -0.2) is 9.59 Å². The van der Waals surface area contributed by atoms with Crippen LogP contribution in [0.4, 0.5) is 0 Å². The molecule has 2 heterocycles. The van der Waals surface area contributed by atoms with Crippen molar-refractivity contribution in [2.75, 3.05) is 6.61 Å². The first kappa shape index (κ1) is 32.7. The number of phenols is 6. The van der Waals surface area contributed by atoms with Gasteiger partial charge >= 0.3 is 11.9 Å². The van der Waals surface area contributed by atoms with Gasteiger partial charge in [0.1, 0.15) is 42.0 Å². The number of hydrogen-bond acceptors (Lipinski definition) is 16. The van der Waals surface area contributed by atoms with Crippen molar-refractivity contribution >= 4 is 22.9 Å². The Hall–Kier alpha value is -5.71. The zero-order valence-electron chi connectivity index (χ0n) is 24.5. The molecule has 3 aromatic carbocycles. The topological polar surface area (TPSA) is 263 Å². The van der Waals surface area contributed by atoms with Gasteiger partial charge in [0.05, 0.1) is 16.5 Å². The van der Waals surface area contributed by atoms with Gasteiger partial charge in [-0.2, -0.15) is 0 Å². The molecule has 16 heteroatoms. The number of phenolic OH excluding ortho intramolecular Hbond substituents is 6. The van der Waals surface area contributed by atoms with Crippen LogP contribution in [0.15, 0.2) is 51.7 Å². The van der Waals surface area contributed by atoms with E-state index in [4.69, 9.17) is 23.4 Å². The normalized spacial score (nSPS) is 20.9. The summed E-state index contributed by atoms with van der Waals surface area (Å²) in [6.45, 7) is 2.42. The summed E-state index contributed by atoms with van der Waals surface area (Å²) in [4.78, 5) is 38.1. The van der Waals surface area contributed by atoms with E-state index in [1.807, 2.05) is 0 Å². The Morgan fingerprint density at radius 2 is 1.32 bits per heavy atom. The molecule has 248 valence electrons. The number of carbonyl (C=O) groups is 2. The number of hydrogen-bond donors (Lipinski definition) is 8. The van der Waals surface area contributed by atoms with Gasteiger partial charge in [0.25, 0.3) is 0 Å². The van der Waals surface area contributed by atoms with E-state index in [1.165, 1.54) is 18.2 Å². The lowest BCUT2D eigenvalue weighted by Crippen LogP contribution is -2.61. The van der Waals surface area contributed by atoms with Crippen LogP contribution in [0, 0.1) is 13.8 Å². The minimum atomic E-state index is -1.97. The summed E-state index contributed by atoms with van der Waals surface area (Å²) in [5, 5.41) is 80.4. The quantitative estimate of drug-likeness (QED) is 0.104. The second-order valence-electron chi connectivity index (χ2n) is 10.7. The number of carbonyl (C=O) groups excluding carboxylic acids is 2. The molecule has 8 N–H and O–H groups in total. The van der Waals surface area contributed by atoms with Crippen molar-refractivity contribution in [3.63, 3.8) is 0 Å². The molecule has 16 nitrogen and oxygen atoms in total. The zero-order chi connectivity index (χ0) is 34.3. The van der Waals surface area contributed by atoms with Crippen molar-refractivity contribution in [2.45, 2.75) is 44.6 Å². The van der Waals surface area contributed by atoms with E-state index in [1.54, 1.807) is 13.8 Å². The molecule has 4 aromatic rings. The van der Waals surface area contributed by atoms with Gasteiger partial charge in [0.2, 0.25) is 6.29 Å². The molecule has 1 aliphatic rings. The third-order valence-electron chi connectivity index (χ3n) is 7.25. The fourth-order valence-corrected chi connectivity index (χ4v) is 4.92. The molecule has 0 spiro atoms. The fraction of sp³-hybridized carbons (Fsp3) is 0.258. The van der Waals surface area contributed by atoms with Crippen molar-refractivity contribution < 1.29 is 73.8 Å². The van der Waals surface area contributed by atoms with Crippen LogP contribution < -0.4 is 10.2 Å². The van der Waals surface area contributed by atoms with Crippen molar-refractivity contribution in [3.8, 4) is 40.2 Å². The number of fused-ring (bicyclic) bond motifs is 1. The Labute approximate surface area is 263 Å². The third kappa shape index (κ3) is 6.51. The fourth-order valence-electron chi connectivity index (χ4n) is 4.92. The first-order chi connectivity index (χ1) is 22.1. The van der Waals surface area contributed by atoms with Crippen LogP contribution in [-0.2, 0) is 14.2 Å². The first-order valence-corrected chi connectivity index (χ1v) is 13.8. The second-order valence-corrected chi connectivity index (χ2v) is 10.7. The lowest BCUT2D eigenvalue weighted by Gasteiger charge is -2.41. The van der Waals surface area contributed by atoms with Crippen LogP contribution in [0.5, 0.6) is 40.2 Å². The largest absolute Gasteiger partial charge is 0.504 e. The van der Waals surface area contributed by atoms with Gasteiger partial charge in [-0.05, 0) is 49.7 Å². The predicted molar refractivity (Wildman–Crippen MR) is 156 cm³/mol. The molecular formula is C31H28O16. The summed E-state index contributed by atoms with van der Waals surface area (Å²) < 4.78 is 27.9. The number of ether oxygens (including phenoxy) is 4. The number of aromatic hydroxyl groups is 6. The second kappa shape index (κ2) is 12.6. The summed E-state index contributed by atoms with van der Waals surface area (Å²) in [6.07, 6.45) is -8.94. The summed E-state index contributed by atoms with van der Waals surface area (Å²) in [5.74, 6) is -7.18. The summed E-state index contributed by atoms with van der Waals surface area (Å²) >= 11 is 0. The van der Waals surface area contributed by atoms with Gasteiger partial charge < -0.3 is 64.2 Å². The molecule has 5 rings (SSSR count). The van der Waals surface area contributed by atoms with Crippen LogP contribution in [0.25, 0.3) is 11.0 Å². The Morgan fingerprint density at radius 3 is 1.89 bits per heavy atom. The maximum Gasteiger partial charge on any atom is 0.339 e. The highest BCUT2D eigenvalue weighted by Crippen LogP contribution is 2.37. The van der Waals surface area contributed by atoms with E-state index in [-0.39, 0.29) is 27.7 Å². The average Bonchev–Trinajstić information content (AvgIpc) is 3.00. The lowest BCUT2D eigenvalue weighted by molar-refractivity contribution is -0.276. The molecule has 0 saturated carbocycles. The Kier molecular flexibility index (Phi) is 8.75. The standard InChI is InChI=1S/C31H28O16/c1-11-3-15(9-21-23(11)16(32)4-12(2)44-21)45-31-28(47-30(42)14-7-19(35)25(38)20(36)8-14)27(40)26(39)22(46-31)10-43-29(41)13-5-17(33)24(37)18(34)6-13/h3-9,22,26-28,31,33-40H,10H2,1-2H3/t22-,26-,27+,28-,31-/m1/s1. The number of rotatable bonds is 7. The number of aliphatic hydroxyl groups is 2. The van der Waals surface area contributed by atoms with Crippen LogP contribution in [-0.4, -0.2) is 90.1 Å². The molecule has 1 saturated heterocycles. The van der Waals surface area contributed by atoms with E-state index in [0.29, 0.717) is 11.3 Å². The summed E-state index contributed by atoms with van der Waals surface area (Å²) in [7, 11) is 0. The van der Waals surface area contributed by atoms with E-state index < -0.39 is 89.3 Å². The van der Waals surface area contributed by atoms with Gasteiger partial charge in [-0.1, -0.05) is 0 Å². The van der Waals surface area contributed by atoms with Crippen LogP contribution in [0.1, 0.15) is 32.0 Å². The van der Waals surface area contributed by atoms with E-state index in [9.17, 15) is 55.2 Å². The highest BCUT2D eigenvalue weighted by Gasteiger charge is 2.49. The van der Waals surface area contributed by atoms with Crippen LogP contribution in [0.2, 0.25) is 0 Å². The van der Waals surface area contributed by atoms with E-state index >= 15 is 0 Å². The Bertz CT molecular complexity index is 1880. The molecule has 5 atom stereocenters. The predicted octanol–water partition coefficient (Wildman–Crippen LogP) is 1.55. The van der Waals surface area contributed by atoms with Gasteiger partial charge in [0, 0.05) is 12.1 Å². The van der Waals surface area contributed by atoms with E-state index in [2.05, 4.69) is 0 Å².